The lowest BCUT2D eigenvalue weighted by Crippen LogP contribution is -1.80. The van der Waals surface area contributed by atoms with Crippen LogP contribution in [0.2, 0.25) is 0 Å². The molecular formula is C10H8ClN. The Morgan fingerprint density at radius 1 is 1.42 bits per heavy atom. The number of nitrogens with zero attached hydrogens (tertiary/aromatic N) is 1. The van der Waals surface area contributed by atoms with Gasteiger partial charge in [0, 0.05) is 5.88 Å². The van der Waals surface area contributed by atoms with E-state index < -0.39 is 0 Å². The van der Waals surface area contributed by atoms with E-state index in [1.54, 1.807) is 6.08 Å². The van der Waals surface area contributed by atoms with Crippen LogP contribution in [0.1, 0.15) is 5.56 Å². The summed E-state index contributed by atoms with van der Waals surface area (Å²) in [4.78, 5) is 0. The van der Waals surface area contributed by atoms with Gasteiger partial charge in [-0.15, -0.1) is 11.6 Å². The summed E-state index contributed by atoms with van der Waals surface area (Å²) >= 11 is 5.50. The Morgan fingerprint density at radius 3 is 2.58 bits per heavy atom. The maximum atomic E-state index is 8.73. The molecule has 0 N–H and O–H groups in total. The summed E-state index contributed by atoms with van der Waals surface area (Å²) in [5, 5.41) is 8.73. The number of nitriles is 1. The fraction of sp³-hybridized carbons (Fsp3) is 0.100. The van der Waals surface area contributed by atoms with E-state index in [2.05, 4.69) is 6.07 Å². The summed E-state index contributed by atoms with van der Waals surface area (Å²) < 4.78 is 0. The van der Waals surface area contributed by atoms with Crippen LogP contribution in [0.25, 0.3) is 5.57 Å². The summed E-state index contributed by atoms with van der Waals surface area (Å²) in [5.41, 5.74) is 1.55. The minimum atomic E-state index is 0.373. The van der Waals surface area contributed by atoms with E-state index in [9.17, 15) is 0 Å². The minimum Gasteiger partial charge on any atom is -0.192 e. The van der Waals surface area contributed by atoms with Gasteiger partial charge in [-0.05, 0) is 5.56 Å². The molecule has 1 aromatic carbocycles. The predicted octanol–water partition coefficient (Wildman–Crippen LogP) is 2.83. The van der Waals surface area contributed by atoms with Crippen LogP contribution in [-0.4, -0.2) is 5.88 Å². The average Bonchev–Trinajstić information content (AvgIpc) is 2.15. The van der Waals surface area contributed by atoms with E-state index in [0.29, 0.717) is 11.5 Å². The Kier molecular flexibility index (Phi) is 3.37. The van der Waals surface area contributed by atoms with Crippen LogP contribution in [-0.2, 0) is 0 Å². The van der Waals surface area contributed by atoms with Crippen molar-refractivity contribution in [3.8, 4) is 6.07 Å². The van der Waals surface area contributed by atoms with Crippen LogP contribution in [0.3, 0.4) is 0 Å². The molecule has 0 fully saturated rings. The highest BCUT2D eigenvalue weighted by Gasteiger charge is 1.96. The zero-order chi connectivity index (χ0) is 8.81. The number of rotatable bonds is 2. The second kappa shape index (κ2) is 4.58. The van der Waals surface area contributed by atoms with Crippen molar-refractivity contribution in [1.82, 2.24) is 0 Å². The number of benzene rings is 1. The highest BCUT2D eigenvalue weighted by atomic mass is 35.5. The molecule has 60 valence electrons. The molecule has 1 nitrogen and oxygen atoms in total. The first-order valence-electron chi connectivity index (χ1n) is 3.60. The molecule has 0 bridgehead atoms. The van der Waals surface area contributed by atoms with Gasteiger partial charge in [0.15, 0.2) is 0 Å². The molecule has 0 unspecified atom stereocenters. The lowest BCUT2D eigenvalue weighted by molar-refractivity contribution is 1.51. The molecule has 0 saturated heterocycles. The van der Waals surface area contributed by atoms with Crippen molar-refractivity contribution >= 4 is 17.2 Å². The molecule has 1 aromatic rings. The summed E-state index contributed by atoms with van der Waals surface area (Å²) in [6, 6.07) is 11.6. The normalized spacial score (nSPS) is 10.8. The third kappa shape index (κ3) is 2.11. The standard InChI is InChI=1S/C10H8ClN/c11-7-6-10(8-12)9-4-2-1-3-5-9/h1-6H,7H2. The summed E-state index contributed by atoms with van der Waals surface area (Å²) in [6.45, 7) is 0. The first kappa shape index (κ1) is 8.83. The van der Waals surface area contributed by atoms with Crippen molar-refractivity contribution in [1.29, 1.82) is 5.26 Å². The molecule has 0 radical (unpaired) electrons. The topological polar surface area (TPSA) is 23.8 Å². The van der Waals surface area contributed by atoms with E-state index in [1.807, 2.05) is 30.3 Å². The van der Waals surface area contributed by atoms with Crippen LogP contribution in [0.4, 0.5) is 0 Å². The summed E-state index contributed by atoms with van der Waals surface area (Å²) in [5.74, 6) is 0.373. The van der Waals surface area contributed by atoms with Gasteiger partial charge in [0.05, 0.1) is 11.6 Å². The zero-order valence-electron chi connectivity index (χ0n) is 6.50. The maximum Gasteiger partial charge on any atom is 0.0995 e. The smallest absolute Gasteiger partial charge is 0.0995 e. The highest BCUT2D eigenvalue weighted by molar-refractivity contribution is 6.19. The molecule has 2 heteroatoms. The van der Waals surface area contributed by atoms with E-state index >= 15 is 0 Å². The number of alkyl halides is 1. The van der Waals surface area contributed by atoms with Gasteiger partial charge >= 0.3 is 0 Å². The van der Waals surface area contributed by atoms with Gasteiger partial charge < -0.3 is 0 Å². The molecule has 0 aliphatic carbocycles. The molecule has 0 heterocycles. The molecule has 0 aromatic heterocycles. The van der Waals surface area contributed by atoms with Gasteiger partial charge in [-0.3, -0.25) is 0 Å². The van der Waals surface area contributed by atoms with Crippen molar-refractivity contribution in [3.63, 3.8) is 0 Å². The number of allylic oxidation sites excluding steroid dienone is 2. The lowest BCUT2D eigenvalue weighted by atomic mass is 10.1. The quantitative estimate of drug-likeness (QED) is 0.504. The monoisotopic (exact) mass is 177 g/mol. The molecule has 0 aliphatic rings. The average molecular weight is 178 g/mol. The van der Waals surface area contributed by atoms with Crippen LogP contribution in [0.5, 0.6) is 0 Å². The third-order valence-corrected chi connectivity index (χ3v) is 1.64. The Bertz CT molecular complexity index is 308. The molecule has 0 atom stereocenters. The summed E-state index contributed by atoms with van der Waals surface area (Å²) in [6.07, 6.45) is 1.71. The molecule has 0 spiro atoms. The van der Waals surface area contributed by atoms with Crippen LogP contribution in [0.15, 0.2) is 36.4 Å². The van der Waals surface area contributed by atoms with Crippen molar-refractivity contribution < 1.29 is 0 Å². The number of hydrogen-bond donors (Lipinski definition) is 0. The molecule has 12 heavy (non-hydrogen) atoms. The van der Waals surface area contributed by atoms with E-state index in [1.165, 1.54) is 0 Å². The maximum absolute atomic E-state index is 8.73. The van der Waals surface area contributed by atoms with Gasteiger partial charge in [-0.1, -0.05) is 36.4 Å². The van der Waals surface area contributed by atoms with Crippen molar-refractivity contribution in [3.05, 3.63) is 42.0 Å². The number of halogens is 1. The number of hydrogen-bond acceptors (Lipinski definition) is 1. The fourth-order valence-corrected chi connectivity index (χ4v) is 1.08. The van der Waals surface area contributed by atoms with Gasteiger partial charge in [-0.2, -0.15) is 5.26 Å². The Balaban J connectivity index is 2.98. The minimum absolute atomic E-state index is 0.373. The first-order chi connectivity index (χ1) is 5.88. The van der Waals surface area contributed by atoms with Crippen LogP contribution < -0.4 is 0 Å². The second-order valence-electron chi connectivity index (χ2n) is 2.25. The molecule has 0 saturated carbocycles. The van der Waals surface area contributed by atoms with Gasteiger partial charge in [0.1, 0.15) is 0 Å². The van der Waals surface area contributed by atoms with Gasteiger partial charge in [0.25, 0.3) is 0 Å². The van der Waals surface area contributed by atoms with Crippen LogP contribution >= 0.6 is 11.6 Å². The Labute approximate surface area is 76.9 Å². The SMILES string of the molecule is N#CC(=CCCl)c1ccccc1. The van der Waals surface area contributed by atoms with E-state index in [4.69, 9.17) is 16.9 Å². The second-order valence-corrected chi connectivity index (χ2v) is 2.56. The van der Waals surface area contributed by atoms with E-state index in [-0.39, 0.29) is 0 Å². The molecule has 1 rings (SSSR count). The Morgan fingerprint density at radius 2 is 2.08 bits per heavy atom. The first-order valence-corrected chi connectivity index (χ1v) is 4.13. The van der Waals surface area contributed by atoms with Gasteiger partial charge in [0.2, 0.25) is 0 Å². The van der Waals surface area contributed by atoms with Crippen LogP contribution in [0, 0.1) is 11.3 Å². The third-order valence-electron chi connectivity index (χ3n) is 1.49. The summed E-state index contributed by atoms with van der Waals surface area (Å²) in [7, 11) is 0. The molecule has 0 amide bonds. The Hall–Kier alpha value is -1.26. The van der Waals surface area contributed by atoms with Gasteiger partial charge in [-0.25, -0.2) is 0 Å². The largest absolute Gasteiger partial charge is 0.192 e. The molecular weight excluding hydrogens is 170 g/mol. The van der Waals surface area contributed by atoms with Crippen molar-refractivity contribution in [2.45, 2.75) is 0 Å². The van der Waals surface area contributed by atoms with Crippen molar-refractivity contribution in [2.24, 2.45) is 0 Å². The van der Waals surface area contributed by atoms with Crippen molar-refractivity contribution in [2.75, 3.05) is 5.88 Å². The molecule has 0 aliphatic heterocycles. The lowest BCUT2D eigenvalue weighted by Gasteiger charge is -1.95. The predicted molar refractivity (Wildman–Crippen MR) is 50.8 cm³/mol. The van der Waals surface area contributed by atoms with E-state index in [0.717, 1.165) is 5.56 Å². The fourth-order valence-electron chi connectivity index (χ4n) is 0.923. The highest BCUT2D eigenvalue weighted by Crippen LogP contribution is 2.12. The zero-order valence-corrected chi connectivity index (χ0v) is 7.25.